The average Bonchev–Trinajstić information content (AvgIpc) is 2.85. The Labute approximate surface area is 113 Å². The second-order valence-electron chi connectivity index (χ2n) is 5.80. The van der Waals surface area contributed by atoms with E-state index >= 15 is 0 Å². The molecule has 0 atom stereocenters. The van der Waals surface area contributed by atoms with E-state index in [2.05, 4.69) is 5.32 Å². The lowest BCUT2D eigenvalue weighted by atomic mass is 9.86. The summed E-state index contributed by atoms with van der Waals surface area (Å²) in [5.41, 5.74) is 0.422. The number of piperidine rings is 1. The van der Waals surface area contributed by atoms with E-state index in [1.807, 2.05) is 6.07 Å². The van der Waals surface area contributed by atoms with Crippen molar-refractivity contribution in [3.05, 3.63) is 23.3 Å². The van der Waals surface area contributed by atoms with E-state index in [1.54, 1.807) is 19.9 Å². The normalized spacial score (nSPS) is 19.7. The summed E-state index contributed by atoms with van der Waals surface area (Å²) in [6.45, 7) is 5.41. The van der Waals surface area contributed by atoms with Crippen molar-refractivity contribution in [3.63, 3.8) is 0 Å². The predicted octanol–water partition coefficient (Wildman–Crippen LogP) is 3.09. The SMILES string of the molecule is CC(C)(F)c1cc2c(c(C3CCNCC3)c1)OCO2. The summed E-state index contributed by atoms with van der Waals surface area (Å²) in [5.74, 6) is 1.94. The van der Waals surface area contributed by atoms with Gasteiger partial charge >= 0.3 is 0 Å². The summed E-state index contributed by atoms with van der Waals surface area (Å²) < 4.78 is 25.3. The molecule has 3 rings (SSSR count). The van der Waals surface area contributed by atoms with Gasteiger partial charge in [-0.3, -0.25) is 0 Å². The van der Waals surface area contributed by atoms with Gasteiger partial charge in [0.15, 0.2) is 11.5 Å². The number of nitrogens with one attached hydrogen (secondary N) is 1. The fourth-order valence-corrected chi connectivity index (χ4v) is 2.82. The first kappa shape index (κ1) is 12.7. The van der Waals surface area contributed by atoms with Gasteiger partial charge in [0.2, 0.25) is 6.79 Å². The fourth-order valence-electron chi connectivity index (χ4n) is 2.82. The number of alkyl halides is 1. The van der Waals surface area contributed by atoms with Gasteiger partial charge in [0.05, 0.1) is 0 Å². The lowest BCUT2D eigenvalue weighted by Gasteiger charge is -2.25. The molecule has 1 aromatic rings. The van der Waals surface area contributed by atoms with Crippen LogP contribution in [-0.4, -0.2) is 19.9 Å². The molecular weight excluding hydrogens is 245 g/mol. The number of fused-ring (bicyclic) bond motifs is 1. The summed E-state index contributed by atoms with van der Waals surface area (Å²) in [4.78, 5) is 0. The van der Waals surface area contributed by atoms with Crippen molar-refractivity contribution in [1.29, 1.82) is 0 Å². The van der Waals surface area contributed by atoms with E-state index < -0.39 is 5.67 Å². The van der Waals surface area contributed by atoms with Crippen LogP contribution in [0.4, 0.5) is 4.39 Å². The molecule has 1 fully saturated rings. The van der Waals surface area contributed by atoms with Crippen molar-refractivity contribution >= 4 is 0 Å². The minimum Gasteiger partial charge on any atom is -0.454 e. The highest BCUT2D eigenvalue weighted by atomic mass is 19.1. The van der Waals surface area contributed by atoms with Crippen LogP contribution in [0.3, 0.4) is 0 Å². The van der Waals surface area contributed by atoms with Crippen molar-refractivity contribution in [2.24, 2.45) is 0 Å². The quantitative estimate of drug-likeness (QED) is 0.891. The molecule has 0 spiro atoms. The molecule has 2 aliphatic heterocycles. The van der Waals surface area contributed by atoms with Crippen LogP contribution in [0, 0.1) is 0 Å². The fraction of sp³-hybridized carbons (Fsp3) is 0.600. The Morgan fingerprint density at radius 1 is 1.21 bits per heavy atom. The van der Waals surface area contributed by atoms with Crippen LogP contribution < -0.4 is 14.8 Å². The summed E-state index contributed by atoms with van der Waals surface area (Å²) in [6, 6.07) is 3.73. The summed E-state index contributed by atoms with van der Waals surface area (Å²) in [7, 11) is 0. The topological polar surface area (TPSA) is 30.5 Å². The van der Waals surface area contributed by atoms with Crippen LogP contribution in [-0.2, 0) is 5.67 Å². The molecule has 19 heavy (non-hydrogen) atoms. The number of ether oxygens (including phenoxy) is 2. The van der Waals surface area contributed by atoms with E-state index in [0.717, 1.165) is 37.2 Å². The van der Waals surface area contributed by atoms with E-state index in [9.17, 15) is 4.39 Å². The molecule has 0 aliphatic carbocycles. The number of rotatable bonds is 2. The Morgan fingerprint density at radius 2 is 1.95 bits per heavy atom. The molecule has 2 heterocycles. The zero-order valence-corrected chi connectivity index (χ0v) is 11.5. The van der Waals surface area contributed by atoms with Gasteiger partial charge in [0.1, 0.15) is 5.67 Å². The van der Waals surface area contributed by atoms with Crippen LogP contribution in [0.25, 0.3) is 0 Å². The Bertz CT molecular complexity index is 476. The van der Waals surface area contributed by atoms with E-state index in [1.165, 1.54) is 0 Å². The maximum Gasteiger partial charge on any atom is 0.231 e. The van der Waals surface area contributed by atoms with Gasteiger partial charge in [-0.05, 0) is 63.4 Å². The molecule has 0 saturated carbocycles. The summed E-state index contributed by atoms with van der Waals surface area (Å²) >= 11 is 0. The molecular formula is C15H20FNO2. The Kier molecular flexibility index (Phi) is 3.13. The highest BCUT2D eigenvalue weighted by Crippen LogP contribution is 2.45. The standard InChI is InChI=1S/C15H20FNO2/c1-15(2,16)11-7-12(10-3-5-17-6-4-10)14-13(8-11)18-9-19-14/h7-8,10,17H,3-6,9H2,1-2H3. The average molecular weight is 265 g/mol. The molecule has 1 N–H and O–H groups in total. The van der Waals surface area contributed by atoms with Crippen LogP contribution in [0.5, 0.6) is 11.5 Å². The monoisotopic (exact) mass is 265 g/mol. The predicted molar refractivity (Wildman–Crippen MR) is 71.5 cm³/mol. The van der Waals surface area contributed by atoms with Crippen molar-refractivity contribution in [1.82, 2.24) is 5.32 Å². The molecule has 0 amide bonds. The van der Waals surface area contributed by atoms with Crippen molar-refractivity contribution in [2.45, 2.75) is 38.3 Å². The highest BCUT2D eigenvalue weighted by Gasteiger charge is 2.29. The van der Waals surface area contributed by atoms with E-state index in [-0.39, 0.29) is 6.79 Å². The number of benzene rings is 1. The van der Waals surface area contributed by atoms with Gasteiger partial charge in [0.25, 0.3) is 0 Å². The number of hydrogen-bond acceptors (Lipinski definition) is 3. The molecule has 0 aromatic heterocycles. The van der Waals surface area contributed by atoms with E-state index in [4.69, 9.17) is 9.47 Å². The maximum absolute atomic E-state index is 14.2. The minimum atomic E-state index is -1.36. The first-order valence-electron chi connectivity index (χ1n) is 6.89. The van der Waals surface area contributed by atoms with Gasteiger partial charge in [-0.15, -0.1) is 0 Å². The highest BCUT2D eigenvalue weighted by molar-refractivity contribution is 5.53. The van der Waals surface area contributed by atoms with Gasteiger partial charge < -0.3 is 14.8 Å². The second-order valence-corrected chi connectivity index (χ2v) is 5.80. The first-order chi connectivity index (χ1) is 9.05. The third kappa shape index (κ3) is 2.41. The maximum atomic E-state index is 14.2. The summed E-state index contributed by atoms with van der Waals surface area (Å²) in [6.07, 6.45) is 2.12. The zero-order chi connectivity index (χ0) is 13.5. The molecule has 104 valence electrons. The minimum absolute atomic E-state index is 0.240. The van der Waals surface area contributed by atoms with Crippen molar-refractivity contribution in [2.75, 3.05) is 19.9 Å². The Morgan fingerprint density at radius 3 is 2.63 bits per heavy atom. The Hall–Kier alpha value is -1.29. The smallest absolute Gasteiger partial charge is 0.231 e. The van der Waals surface area contributed by atoms with Gasteiger partial charge in [0, 0.05) is 5.56 Å². The first-order valence-corrected chi connectivity index (χ1v) is 6.89. The molecule has 3 nitrogen and oxygen atoms in total. The van der Waals surface area contributed by atoms with Crippen LogP contribution in [0.2, 0.25) is 0 Å². The van der Waals surface area contributed by atoms with Gasteiger partial charge in [-0.2, -0.15) is 0 Å². The molecule has 0 radical (unpaired) electrons. The lowest BCUT2D eigenvalue weighted by molar-refractivity contribution is 0.172. The number of hydrogen-bond donors (Lipinski definition) is 1. The zero-order valence-electron chi connectivity index (χ0n) is 11.5. The molecule has 1 saturated heterocycles. The third-order valence-electron chi connectivity index (χ3n) is 3.97. The Balaban J connectivity index is 2.04. The number of halogens is 1. The van der Waals surface area contributed by atoms with Crippen LogP contribution >= 0.6 is 0 Å². The second kappa shape index (κ2) is 4.67. The van der Waals surface area contributed by atoms with E-state index in [0.29, 0.717) is 17.2 Å². The third-order valence-corrected chi connectivity index (χ3v) is 3.97. The van der Waals surface area contributed by atoms with Crippen molar-refractivity contribution < 1.29 is 13.9 Å². The molecule has 4 heteroatoms. The molecule has 2 aliphatic rings. The molecule has 0 unspecified atom stereocenters. The lowest BCUT2D eigenvalue weighted by Crippen LogP contribution is -2.27. The summed E-state index contributed by atoms with van der Waals surface area (Å²) in [5, 5.41) is 3.35. The van der Waals surface area contributed by atoms with Crippen LogP contribution in [0.1, 0.15) is 43.7 Å². The molecule has 0 bridgehead atoms. The van der Waals surface area contributed by atoms with Crippen molar-refractivity contribution in [3.8, 4) is 11.5 Å². The molecule has 1 aromatic carbocycles. The largest absolute Gasteiger partial charge is 0.454 e. The van der Waals surface area contributed by atoms with Crippen LogP contribution in [0.15, 0.2) is 12.1 Å². The van der Waals surface area contributed by atoms with Gasteiger partial charge in [-0.1, -0.05) is 0 Å². The van der Waals surface area contributed by atoms with Gasteiger partial charge in [-0.25, -0.2) is 4.39 Å².